The molecule has 0 fully saturated rings. The molecular weight excluding hydrogens is 314 g/mol. The SMILES string of the molecule is CC(C)CCN(N)[C@@H](Cc1ccccc1)[C@H](O)CC(=O)NC(C)(C)C. The summed E-state index contributed by atoms with van der Waals surface area (Å²) in [4.78, 5) is 12.2. The van der Waals surface area contributed by atoms with E-state index in [-0.39, 0.29) is 23.9 Å². The van der Waals surface area contributed by atoms with E-state index >= 15 is 0 Å². The number of carbonyl (C=O) groups is 1. The van der Waals surface area contributed by atoms with Gasteiger partial charge in [-0.3, -0.25) is 10.6 Å². The fourth-order valence-corrected chi connectivity index (χ4v) is 2.70. The molecule has 0 saturated carbocycles. The maximum atomic E-state index is 12.2. The van der Waals surface area contributed by atoms with E-state index in [2.05, 4.69) is 19.2 Å². The number of aliphatic hydroxyl groups excluding tert-OH is 1. The topological polar surface area (TPSA) is 78.6 Å². The molecule has 0 bridgehead atoms. The minimum absolute atomic E-state index is 0.0458. The first-order valence-electron chi connectivity index (χ1n) is 9.13. The summed E-state index contributed by atoms with van der Waals surface area (Å²) in [7, 11) is 0. The van der Waals surface area contributed by atoms with Gasteiger partial charge in [0, 0.05) is 12.1 Å². The third-order valence-corrected chi connectivity index (χ3v) is 4.03. The van der Waals surface area contributed by atoms with Gasteiger partial charge < -0.3 is 10.4 Å². The zero-order chi connectivity index (χ0) is 19.0. The molecule has 1 rings (SSSR count). The highest BCUT2D eigenvalue weighted by molar-refractivity contribution is 5.77. The molecule has 0 unspecified atom stereocenters. The van der Waals surface area contributed by atoms with Gasteiger partial charge in [-0.15, -0.1) is 0 Å². The van der Waals surface area contributed by atoms with E-state index in [1.165, 1.54) is 0 Å². The second-order valence-electron chi connectivity index (χ2n) is 8.25. The third-order valence-electron chi connectivity index (χ3n) is 4.03. The quantitative estimate of drug-likeness (QED) is 0.473. The fraction of sp³-hybridized carbons (Fsp3) is 0.650. The predicted molar refractivity (Wildman–Crippen MR) is 103 cm³/mol. The lowest BCUT2D eigenvalue weighted by Crippen LogP contribution is -2.52. The Hall–Kier alpha value is -1.43. The molecule has 5 nitrogen and oxygen atoms in total. The number of nitrogens with zero attached hydrogens (tertiary/aromatic N) is 1. The molecule has 0 spiro atoms. The molecular formula is C20H35N3O2. The van der Waals surface area contributed by atoms with Crippen LogP contribution in [0.2, 0.25) is 0 Å². The second kappa shape index (κ2) is 9.90. The summed E-state index contributed by atoms with van der Waals surface area (Å²) in [6, 6.07) is 9.65. The van der Waals surface area contributed by atoms with Crippen LogP contribution in [0.25, 0.3) is 0 Å². The number of rotatable bonds is 9. The van der Waals surface area contributed by atoms with Gasteiger partial charge in [-0.05, 0) is 45.1 Å². The molecule has 142 valence electrons. The molecule has 1 aromatic rings. The Labute approximate surface area is 152 Å². The van der Waals surface area contributed by atoms with E-state index in [9.17, 15) is 9.90 Å². The number of hydrogen-bond acceptors (Lipinski definition) is 4. The molecule has 0 aliphatic rings. The van der Waals surface area contributed by atoms with Crippen molar-refractivity contribution in [2.24, 2.45) is 11.8 Å². The van der Waals surface area contributed by atoms with Crippen molar-refractivity contribution in [3.05, 3.63) is 35.9 Å². The molecule has 1 amide bonds. The van der Waals surface area contributed by atoms with E-state index in [4.69, 9.17) is 5.84 Å². The van der Waals surface area contributed by atoms with Crippen molar-refractivity contribution in [3.8, 4) is 0 Å². The smallest absolute Gasteiger partial charge is 0.223 e. The van der Waals surface area contributed by atoms with Crippen molar-refractivity contribution in [2.75, 3.05) is 6.54 Å². The van der Waals surface area contributed by atoms with E-state index in [0.29, 0.717) is 18.9 Å². The zero-order valence-corrected chi connectivity index (χ0v) is 16.3. The predicted octanol–water partition coefficient (Wildman–Crippen LogP) is 2.49. The van der Waals surface area contributed by atoms with Gasteiger partial charge in [-0.25, -0.2) is 5.01 Å². The summed E-state index contributed by atoms with van der Waals surface area (Å²) in [6.07, 6.45) is 0.784. The van der Waals surface area contributed by atoms with Gasteiger partial charge in [0.15, 0.2) is 0 Å². The van der Waals surface area contributed by atoms with Crippen molar-refractivity contribution >= 4 is 5.91 Å². The standard InChI is InChI=1S/C20H35N3O2/c1-15(2)11-12-23(21)17(13-16-9-7-6-8-10-16)18(24)14-19(25)22-20(3,4)5/h6-10,15,17-18,24H,11-14,21H2,1-5H3,(H,22,25)/t17-,18+/m0/s1. The Morgan fingerprint density at radius 3 is 2.36 bits per heavy atom. The van der Waals surface area contributed by atoms with E-state index in [1.807, 2.05) is 51.1 Å². The first-order chi connectivity index (χ1) is 11.6. The zero-order valence-electron chi connectivity index (χ0n) is 16.3. The van der Waals surface area contributed by atoms with E-state index in [0.717, 1.165) is 12.0 Å². The number of benzene rings is 1. The molecule has 0 aromatic heterocycles. The Morgan fingerprint density at radius 1 is 1.24 bits per heavy atom. The summed E-state index contributed by atoms with van der Waals surface area (Å²) in [5.74, 6) is 6.63. The van der Waals surface area contributed by atoms with Gasteiger partial charge in [-0.1, -0.05) is 44.2 Å². The summed E-state index contributed by atoms with van der Waals surface area (Å²) < 4.78 is 0. The number of amides is 1. The second-order valence-corrected chi connectivity index (χ2v) is 8.25. The minimum atomic E-state index is -0.820. The van der Waals surface area contributed by atoms with E-state index < -0.39 is 6.10 Å². The highest BCUT2D eigenvalue weighted by Crippen LogP contribution is 2.15. The van der Waals surface area contributed by atoms with Crippen LogP contribution in [-0.2, 0) is 11.2 Å². The average Bonchev–Trinajstić information content (AvgIpc) is 2.49. The van der Waals surface area contributed by atoms with Crippen LogP contribution in [0.1, 0.15) is 53.0 Å². The summed E-state index contributed by atoms with van der Waals surface area (Å²) in [5, 5.41) is 15.3. The van der Waals surface area contributed by atoms with Crippen molar-refractivity contribution in [2.45, 2.75) is 71.6 Å². The minimum Gasteiger partial charge on any atom is -0.391 e. The van der Waals surface area contributed by atoms with Crippen molar-refractivity contribution in [1.82, 2.24) is 10.3 Å². The lowest BCUT2D eigenvalue weighted by molar-refractivity contribution is -0.125. The van der Waals surface area contributed by atoms with Crippen molar-refractivity contribution < 1.29 is 9.90 Å². The highest BCUT2D eigenvalue weighted by Gasteiger charge is 2.27. The molecule has 25 heavy (non-hydrogen) atoms. The monoisotopic (exact) mass is 349 g/mol. The van der Waals surface area contributed by atoms with Crippen LogP contribution in [-0.4, -0.2) is 40.3 Å². The molecule has 0 aliphatic carbocycles. The van der Waals surface area contributed by atoms with Gasteiger partial charge in [0.25, 0.3) is 0 Å². The van der Waals surface area contributed by atoms with Crippen LogP contribution in [0.5, 0.6) is 0 Å². The van der Waals surface area contributed by atoms with Gasteiger partial charge in [0.1, 0.15) is 0 Å². The van der Waals surface area contributed by atoms with Crippen molar-refractivity contribution in [3.63, 3.8) is 0 Å². The number of aliphatic hydroxyl groups is 1. The molecule has 0 radical (unpaired) electrons. The Morgan fingerprint density at radius 2 is 1.84 bits per heavy atom. The van der Waals surface area contributed by atoms with Crippen LogP contribution in [0.15, 0.2) is 30.3 Å². The Balaban J connectivity index is 2.79. The molecule has 0 saturated heterocycles. The third kappa shape index (κ3) is 9.00. The molecule has 5 heteroatoms. The van der Waals surface area contributed by atoms with Crippen molar-refractivity contribution in [1.29, 1.82) is 0 Å². The molecule has 1 aromatic carbocycles. The van der Waals surface area contributed by atoms with E-state index in [1.54, 1.807) is 5.01 Å². The molecule has 0 aliphatic heterocycles. The maximum absolute atomic E-state index is 12.2. The normalized spacial score (nSPS) is 14.6. The molecule has 2 atom stereocenters. The van der Waals surface area contributed by atoms with Gasteiger partial charge in [0.2, 0.25) is 5.91 Å². The summed E-state index contributed by atoms with van der Waals surface area (Å²) in [6.45, 7) is 10.8. The fourth-order valence-electron chi connectivity index (χ4n) is 2.70. The van der Waals surface area contributed by atoms with Crippen LogP contribution >= 0.6 is 0 Å². The largest absolute Gasteiger partial charge is 0.391 e. The van der Waals surface area contributed by atoms with Crippen LogP contribution in [0.3, 0.4) is 0 Å². The van der Waals surface area contributed by atoms with Crippen LogP contribution in [0.4, 0.5) is 0 Å². The highest BCUT2D eigenvalue weighted by atomic mass is 16.3. The first kappa shape index (κ1) is 21.6. The molecule has 4 N–H and O–H groups in total. The van der Waals surface area contributed by atoms with Crippen LogP contribution in [0, 0.1) is 5.92 Å². The maximum Gasteiger partial charge on any atom is 0.223 e. The Bertz CT molecular complexity index is 511. The number of carbonyl (C=O) groups excluding carboxylic acids is 1. The number of hydrazine groups is 1. The number of hydrogen-bond donors (Lipinski definition) is 3. The van der Waals surface area contributed by atoms with Gasteiger partial charge in [0.05, 0.1) is 18.6 Å². The lowest BCUT2D eigenvalue weighted by Gasteiger charge is -2.32. The summed E-state index contributed by atoms with van der Waals surface area (Å²) in [5.41, 5.74) is 0.786. The van der Waals surface area contributed by atoms with Gasteiger partial charge >= 0.3 is 0 Å². The van der Waals surface area contributed by atoms with Crippen LogP contribution < -0.4 is 11.2 Å². The molecule has 0 heterocycles. The number of nitrogens with two attached hydrogens (primary N) is 1. The average molecular weight is 350 g/mol. The summed E-state index contributed by atoms with van der Waals surface area (Å²) >= 11 is 0. The number of nitrogens with one attached hydrogen (secondary N) is 1. The first-order valence-corrected chi connectivity index (χ1v) is 9.13. The Kier molecular flexibility index (Phi) is 8.56. The lowest BCUT2D eigenvalue weighted by atomic mass is 9.97. The van der Waals surface area contributed by atoms with Gasteiger partial charge in [-0.2, -0.15) is 0 Å².